The van der Waals surface area contributed by atoms with Crippen molar-refractivity contribution in [2.24, 2.45) is 5.92 Å². The van der Waals surface area contributed by atoms with Crippen molar-refractivity contribution < 1.29 is 5.11 Å². The molecule has 1 aromatic carbocycles. The highest BCUT2D eigenvalue weighted by Crippen LogP contribution is 2.33. The summed E-state index contributed by atoms with van der Waals surface area (Å²) in [6.07, 6.45) is 2.67. The first-order valence-corrected chi connectivity index (χ1v) is 6.91. The van der Waals surface area contributed by atoms with E-state index in [1.807, 2.05) is 25.1 Å². The van der Waals surface area contributed by atoms with E-state index in [4.69, 9.17) is 0 Å². The van der Waals surface area contributed by atoms with Crippen molar-refractivity contribution in [1.82, 2.24) is 10.3 Å². The lowest BCUT2D eigenvalue weighted by Crippen LogP contribution is -2.33. The van der Waals surface area contributed by atoms with E-state index < -0.39 is 6.10 Å². The zero-order valence-electron chi connectivity index (χ0n) is 11.2. The van der Waals surface area contributed by atoms with Gasteiger partial charge in [0.2, 0.25) is 0 Å². The van der Waals surface area contributed by atoms with Crippen LogP contribution in [0, 0.1) is 5.92 Å². The third-order valence-corrected chi connectivity index (χ3v) is 4.06. The largest absolute Gasteiger partial charge is 0.386 e. The Kier molecular flexibility index (Phi) is 3.40. The predicted octanol–water partition coefficient (Wildman–Crippen LogP) is 2.76. The number of benzene rings is 1. The van der Waals surface area contributed by atoms with E-state index in [-0.39, 0.29) is 5.92 Å². The fraction of sp³-hybridized carbons (Fsp3) is 0.375. The minimum absolute atomic E-state index is 0.222. The SMILES string of the molecule is CC=C1CNCCC1C(O)c1cc2ccccc2[nH]1. The number of H-pyrrole nitrogens is 1. The highest BCUT2D eigenvalue weighted by atomic mass is 16.3. The molecule has 3 heteroatoms. The molecule has 0 bridgehead atoms. The Morgan fingerprint density at radius 1 is 1.37 bits per heavy atom. The molecule has 3 rings (SSSR count). The van der Waals surface area contributed by atoms with Crippen LogP contribution >= 0.6 is 0 Å². The topological polar surface area (TPSA) is 48.0 Å². The van der Waals surface area contributed by atoms with Crippen LogP contribution in [0.25, 0.3) is 10.9 Å². The molecule has 1 aliphatic heterocycles. The molecule has 2 atom stereocenters. The summed E-state index contributed by atoms with van der Waals surface area (Å²) in [6.45, 7) is 3.91. The Labute approximate surface area is 113 Å². The van der Waals surface area contributed by atoms with Crippen LogP contribution in [-0.4, -0.2) is 23.2 Å². The van der Waals surface area contributed by atoms with Gasteiger partial charge >= 0.3 is 0 Å². The summed E-state index contributed by atoms with van der Waals surface area (Å²) in [7, 11) is 0. The zero-order chi connectivity index (χ0) is 13.2. The van der Waals surface area contributed by atoms with Gasteiger partial charge in [0, 0.05) is 23.7 Å². The summed E-state index contributed by atoms with van der Waals surface area (Å²) < 4.78 is 0. The van der Waals surface area contributed by atoms with Crippen molar-refractivity contribution in [2.75, 3.05) is 13.1 Å². The molecule has 3 nitrogen and oxygen atoms in total. The Morgan fingerprint density at radius 3 is 3.00 bits per heavy atom. The van der Waals surface area contributed by atoms with Crippen molar-refractivity contribution >= 4 is 10.9 Å². The quantitative estimate of drug-likeness (QED) is 0.724. The molecular formula is C16H20N2O. The molecule has 1 saturated heterocycles. The number of allylic oxidation sites excluding steroid dienone is 1. The molecule has 0 saturated carbocycles. The fourth-order valence-electron chi connectivity index (χ4n) is 2.96. The minimum Gasteiger partial charge on any atom is -0.386 e. The minimum atomic E-state index is -0.444. The molecule has 3 N–H and O–H groups in total. The van der Waals surface area contributed by atoms with Crippen molar-refractivity contribution in [3.8, 4) is 0 Å². The van der Waals surface area contributed by atoms with Crippen LogP contribution in [-0.2, 0) is 0 Å². The predicted molar refractivity (Wildman–Crippen MR) is 78.0 cm³/mol. The Balaban J connectivity index is 1.91. The van der Waals surface area contributed by atoms with Gasteiger partial charge in [-0.15, -0.1) is 0 Å². The molecule has 1 aromatic heterocycles. The van der Waals surface area contributed by atoms with Gasteiger partial charge < -0.3 is 15.4 Å². The van der Waals surface area contributed by atoms with E-state index in [2.05, 4.69) is 28.5 Å². The second kappa shape index (κ2) is 5.19. The van der Waals surface area contributed by atoms with Crippen LogP contribution in [0.1, 0.15) is 25.1 Å². The maximum atomic E-state index is 10.6. The number of piperidine rings is 1. The lowest BCUT2D eigenvalue weighted by molar-refractivity contribution is 0.111. The second-order valence-corrected chi connectivity index (χ2v) is 5.19. The van der Waals surface area contributed by atoms with Crippen LogP contribution in [0.15, 0.2) is 42.0 Å². The number of para-hydroxylation sites is 1. The third kappa shape index (κ3) is 2.31. The summed E-state index contributed by atoms with van der Waals surface area (Å²) in [5, 5.41) is 15.2. The average Bonchev–Trinajstić information content (AvgIpc) is 2.90. The molecule has 100 valence electrons. The molecule has 2 heterocycles. The molecule has 2 aromatic rings. The van der Waals surface area contributed by atoms with Gasteiger partial charge in [0.05, 0.1) is 0 Å². The van der Waals surface area contributed by atoms with Crippen LogP contribution < -0.4 is 5.32 Å². The summed E-state index contributed by atoms with van der Waals surface area (Å²) in [4.78, 5) is 3.34. The molecule has 0 aliphatic carbocycles. The summed E-state index contributed by atoms with van der Waals surface area (Å²) >= 11 is 0. The van der Waals surface area contributed by atoms with Gasteiger partial charge in [0.1, 0.15) is 6.10 Å². The number of hydrogen-bond acceptors (Lipinski definition) is 2. The molecular weight excluding hydrogens is 236 g/mol. The van der Waals surface area contributed by atoms with E-state index in [1.165, 1.54) is 5.57 Å². The van der Waals surface area contributed by atoms with Crippen LogP contribution in [0.3, 0.4) is 0 Å². The smallest absolute Gasteiger partial charge is 0.100 e. The molecule has 2 unspecified atom stereocenters. The zero-order valence-corrected chi connectivity index (χ0v) is 11.2. The molecule has 0 spiro atoms. The molecule has 0 amide bonds. The van der Waals surface area contributed by atoms with Gasteiger partial charge in [0.25, 0.3) is 0 Å². The molecule has 1 fully saturated rings. The van der Waals surface area contributed by atoms with Gasteiger partial charge in [0.15, 0.2) is 0 Å². The van der Waals surface area contributed by atoms with Gasteiger partial charge in [-0.05, 0) is 37.4 Å². The van der Waals surface area contributed by atoms with Crippen LogP contribution in [0.5, 0.6) is 0 Å². The summed E-state index contributed by atoms with van der Waals surface area (Å²) in [5.74, 6) is 0.222. The number of fused-ring (bicyclic) bond motifs is 1. The van der Waals surface area contributed by atoms with Gasteiger partial charge in [-0.25, -0.2) is 0 Å². The first kappa shape index (κ1) is 12.5. The lowest BCUT2D eigenvalue weighted by Gasteiger charge is -2.29. The maximum Gasteiger partial charge on any atom is 0.100 e. The van der Waals surface area contributed by atoms with Gasteiger partial charge in [-0.3, -0.25) is 0 Å². The van der Waals surface area contributed by atoms with Crippen molar-refractivity contribution in [2.45, 2.75) is 19.4 Å². The Hall–Kier alpha value is -1.58. The van der Waals surface area contributed by atoms with Crippen molar-refractivity contribution in [3.63, 3.8) is 0 Å². The number of aliphatic hydroxyl groups excluding tert-OH is 1. The average molecular weight is 256 g/mol. The highest BCUT2D eigenvalue weighted by Gasteiger charge is 2.27. The monoisotopic (exact) mass is 256 g/mol. The first-order chi connectivity index (χ1) is 9.29. The highest BCUT2D eigenvalue weighted by molar-refractivity contribution is 5.80. The number of aliphatic hydroxyl groups is 1. The van der Waals surface area contributed by atoms with E-state index >= 15 is 0 Å². The normalized spacial score (nSPS) is 23.9. The number of rotatable bonds is 2. The fourth-order valence-corrected chi connectivity index (χ4v) is 2.96. The maximum absolute atomic E-state index is 10.6. The van der Waals surface area contributed by atoms with E-state index in [9.17, 15) is 5.11 Å². The number of hydrogen-bond donors (Lipinski definition) is 3. The summed E-state index contributed by atoms with van der Waals surface area (Å²) in [6, 6.07) is 10.2. The Bertz CT molecular complexity index is 567. The van der Waals surface area contributed by atoms with Gasteiger partial charge in [-0.1, -0.05) is 29.8 Å². The van der Waals surface area contributed by atoms with Crippen molar-refractivity contribution in [1.29, 1.82) is 0 Å². The third-order valence-electron chi connectivity index (χ3n) is 4.06. The van der Waals surface area contributed by atoms with Crippen LogP contribution in [0.4, 0.5) is 0 Å². The van der Waals surface area contributed by atoms with E-state index in [0.717, 1.165) is 36.1 Å². The van der Waals surface area contributed by atoms with Gasteiger partial charge in [-0.2, -0.15) is 0 Å². The van der Waals surface area contributed by atoms with Crippen molar-refractivity contribution in [3.05, 3.63) is 47.7 Å². The Morgan fingerprint density at radius 2 is 2.21 bits per heavy atom. The van der Waals surface area contributed by atoms with Crippen LogP contribution in [0.2, 0.25) is 0 Å². The first-order valence-electron chi connectivity index (χ1n) is 6.91. The number of aromatic amines is 1. The molecule has 19 heavy (non-hydrogen) atoms. The standard InChI is InChI=1S/C16H20N2O/c1-2-11-10-17-8-7-13(11)16(19)15-9-12-5-3-4-6-14(12)18-15/h2-6,9,13,16-19H,7-8,10H2,1H3. The van der Waals surface area contributed by atoms with E-state index in [0.29, 0.717) is 0 Å². The second-order valence-electron chi connectivity index (χ2n) is 5.19. The number of aromatic nitrogens is 1. The molecule has 0 radical (unpaired) electrons. The van der Waals surface area contributed by atoms with E-state index in [1.54, 1.807) is 0 Å². The lowest BCUT2D eigenvalue weighted by atomic mass is 9.86. The number of nitrogens with one attached hydrogen (secondary N) is 2. The molecule has 1 aliphatic rings. The summed E-state index contributed by atoms with van der Waals surface area (Å²) in [5.41, 5.74) is 3.32.